The molecule has 0 radical (unpaired) electrons. The highest BCUT2D eigenvalue weighted by Crippen LogP contribution is 2.19. The van der Waals surface area contributed by atoms with E-state index < -0.39 is 0 Å². The van der Waals surface area contributed by atoms with Gasteiger partial charge >= 0.3 is 0 Å². The van der Waals surface area contributed by atoms with Crippen molar-refractivity contribution in [3.8, 4) is 0 Å². The fraction of sp³-hybridized carbons (Fsp3) is 0.286. The first kappa shape index (κ1) is 6.04. The van der Waals surface area contributed by atoms with Crippen LogP contribution in [-0.2, 0) is 0 Å². The van der Waals surface area contributed by atoms with E-state index in [-0.39, 0.29) is 0 Å². The summed E-state index contributed by atoms with van der Waals surface area (Å²) < 4.78 is 0. The van der Waals surface area contributed by atoms with Gasteiger partial charge in [-0.3, -0.25) is 0 Å². The van der Waals surface area contributed by atoms with Crippen molar-refractivity contribution in [1.82, 2.24) is 4.90 Å². The van der Waals surface area contributed by atoms with Crippen LogP contribution in [-0.4, -0.2) is 22.4 Å². The van der Waals surface area contributed by atoms with Crippen molar-refractivity contribution in [2.75, 3.05) is 12.3 Å². The molecule has 2 rings (SSSR count). The lowest BCUT2D eigenvalue weighted by Crippen LogP contribution is -2.16. The van der Waals surface area contributed by atoms with E-state index >= 15 is 0 Å². The number of fused-ring (bicyclic) bond motifs is 1. The Morgan fingerprint density at radius 1 is 1.50 bits per heavy atom. The van der Waals surface area contributed by atoms with Crippen molar-refractivity contribution >= 4 is 16.9 Å². The van der Waals surface area contributed by atoms with Gasteiger partial charge in [-0.05, 0) is 12.2 Å². The minimum atomic E-state index is 1.10. The van der Waals surface area contributed by atoms with Gasteiger partial charge in [-0.25, -0.2) is 4.99 Å². The molecular weight excluding hydrogens is 144 g/mol. The van der Waals surface area contributed by atoms with E-state index in [2.05, 4.69) is 16.1 Å². The molecule has 0 aromatic carbocycles. The van der Waals surface area contributed by atoms with Crippen molar-refractivity contribution in [3.63, 3.8) is 0 Å². The maximum atomic E-state index is 4.25. The molecule has 0 atom stereocenters. The van der Waals surface area contributed by atoms with Gasteiger partial charge in [0.25, 0.3) is 0 Å². The summed E-state index contributed by atoms with van der Waals surface area (Å²) in [6.45, 7) is 1.10. The molecule has 0 spiro atoms. The molecular formula is C7H8N2S. The molecule has 0 aromatic rings. The molecule has 2 heterocycles. The molecule has 0 amide bonds. The lowest BCUT2D eigenvalue weighted by molar-refractivity contribution is 0.622. The average molecular weight is 152 g/mol. The predicted octanol–water partition coefficient (Wildman–Crippen LogP) is 1.43. The van der Waals surface area contributed by atoms with Crippen LogP contribution in [0.3, 0.4) is 0 Å². The van der Waals surface area contributed by atoms with Crippen LogP contribution in [0.5, 0.6) is 0 Å². The zero-order chi connectivity index (χ0) is 6.81. The summed E-state index contributed by atoms with van der Waals surface area (Å²) in [5.41, 5.74) is 0. The van der Waals surface area contributed by atoms with Gasteiger partial charge < -0.3 is 4.90 Å². The largest absolute Gasteiger partial charge is 0.327 e. The molecule has 1 fully saturated rings. The zero-order valence-electron chi connectivity index (χ0n) is 5.53. The Hall–Kier alpha value is -0.700. The van der Waals surface area contributed by atoms with Crippen LogP contribution in [0.2, 0.25) is 0 Å². The third-order valence-electron chi connectivity index (χ3n) is 1.46. The molecule has 52 valence electrons. The molecule has 0 bridgehead atoms. The fourth-order valence-electron chi connectivity index (χ4n) is 0.974. The lowest BCUT2D eigenvalue weighted by atomic mass is 10.5. The Bertz CT molecular complexity index is 218. The molecule has 0 aromatic heterocycles. The van der Waals surface area contributed by atoms with E-state index in [1.807, 2.05) is 30.1 Å². The van der Waals surface area contributed by atoms with Crippen LogP contribution in [0, 0.1) is 0 Å². The number of hydrogen-bond donors (Lipinski definition) is 0. The Balaban J connectivity index is 2.29. The molecule has 10 heavy (non-hydrogen) atoms. The minimum absolute atomic E-state index is 1.10. The predicted molar refractivity (Wildman–Crippen MR) is 44.9 cm³/mol. The smallest absolute Gasteiger partial charge is 0.167 e. The number of thioether (sulfide) groups is 1. The van der Waals surface area contributed by atoms with Crippen molar-refractivity contribution in [1.29, 1.82) is 0 Å². The van der Waals surface area contributed by atoms with E-state index in [0.717, 1.165) is 17.5 Å². The summed E-state index contributed by atoms with van der Waals surface area (Å²) in [6.07, 6.45) is 7.88. The standard InChI is InChI=1S/C7H8N2S/c1-2-4-9-5-6-10-7(9)8-3-1/h1-4H,5-6H2. The maximum absolute atomic E-state index is 4.25. The Morgan fingerprint density at radius 2 is 2.50 bits per heavy atom. The van der Waals surface area contributed by atoms with Crippen molar-refractivity contribution in [2.24, 2.45) is 4.99 Å². The molecule has 0 unspecified atom stereocenters. The van der Waals surface area contributed by atoms with Crippen LogP contribution < -0.4 is 0 Å². The number of amidine groups is 1. The van der Waals surface area contributed by atoms with Crippen molar-refractivity contribution in [2.45, 2.75) is 0 Å². The number of allylic oxidation sites excluding steroid dienone is 2. The fourth-order valence-corrected chi connectivity index (χ4v) is 1.90. The van der Waals surface area contributed by atoms with Crippen LogP contribution in [0.15, 0.2) is 29.5 Å². The molecule has 0 saturated carbocycles. The SMILES string of the molecule is C1=CN=C2SCCN2C=C1. The Labute approximate surface area is 64.3 Å². The zero-order valence-corrected chi connectivity index (χ0v) is 6.34. The van der Waals surface area contributed by atoms with E-state index in [9.17, 15) is 0 Å². The van der Waals surface area contributed by atoms with E-state index in [1.165, 1.54) is 0 Å². The van der Waals surface area contributed by atoms with Gasteiger partial charge in [0, 0.05) is 24.7 Å². The highest BCUT2D eigenvalue weighted by Gasteiger charge is 2.16. The highest BCUT2D eigenvalue weighted by atomic mass is 32.2. The Kier molecular flexibility index (Phi) is 1.51. The first-order valence-electron chi connectivity index (χ1n) is 3.27. The monoisotopic (exact) mass is 152 g/mol. The summed E-state index contributed by atoms with van der Waals surface area (Å²) in [6, 6.07) is 0. The maximum Gasteiger partial charge on any atom is 0.167 e. The normalized spacial score (nSPS) is 22.4. The van der Waals surface area contributed by atoms with Gasteiger partial charge in [0.15, 0.2) is 5.17 Å². The summed E-state index contributed by atoms with van der Waals surface area (Å²) in [5, 5.41) is 1.13. The lowest BCUT2D eigenvalue weighted by Gasteiger charge is -2.08. The summed E-state index contributed by atoms with van der Waals surface area (Å²) >= 11 is 1.81. The number of rotatable bonds is 0. The third kappa shape index (κ3) is 0.968. The molecule has 0 N–H and O–H groups in total. The molecule has 1 saturated heterocycles. The topological polar surface area (TPSA) is 15.6 Å². The second kappa shape index (κ2) is 2.50. The quantitative estimate of drug-likeness (QED) is 0.522. The second-order valence-electron chi connectivity index (χ2n) is 2.14. The van der Waals surface area contributed by atoms with Gasteiger partial charge in [0.2, 0.25) is 0 Å². The van der Waals surface area contributed by atoms with Gasteiger partial charge in [-0.2, -0.15) is 0 Å². The van der Waals surface area contributed by atoms with Crippen LogP contribution in [0.25, 0.3) is 0 Å². The first-order chi connectivity index (χ1) is 4.97. The average Bonchev–Trinajstić information content (AvgIpc) is 2.28. The first-order valence-corrected chi connectivity index (χ1v) is 4.26. The number of hydrogen-bond acceptors (Lipinski definition) is 3. The summed E-state index contributed by atoms with van der Waals surface area (Å²) in [5.74, 6) is 1.16. The number of nitrogens with zero attached hydrogens (tertiary/aromatic N) is 2. The van der Waals surface area contributed by atoms with Crippen LogP contribution in [0.4, 0.5) is 0 Å². The van der Waals surface area contributed by atoms with Crippen molar-refractivity contribution in [3.05, 3.63) is 24.6 Å². The van der Waals surface area contributed by atoms with Gasteiger partial charge in [0.05, 0.1) is 0 Å². The van der Waals surface area contributed by atoms with E-state index in [4.69, 9.17) is 0 Å². The molecule has 0 aliphatic carbocycles. The summed E-state index contributed by atoms with van der Waals surface area (Å²) in [7, 11) is 0. The van der Waals surface area contributed by atoms with Crippen LogP contribution in [0.1, 0.15) is 0 Å². The van der Waals surface area contributed by atoms with Gasteiger partial charge in [0.1, 0.15) is 0 Å². The van der Waals surface area contributed by atoms with Crippen molar-refractivity contribution < 1.29 is 0 Å². The molecule has 2 aliphatic rings. The van der Waals surface area contributed by atoms with E-state index in [0.29, 0.717) is 0 Å². The number of aliphatic imine (C=N–C) groups is 1. The summed E-state index contributed by atoms with van der Waals surface area (Å²) in [4.78, 5) is 6.42. The molecule has 2 nitrogen and oxygen atoms in total. The minimum Gasteiger partial charge on any atom is -0.327 e. The Morgan fingerprint density at radius 3 is 3.50 bits per heavy atom. The van der Waals surface area contributed by atoms with Crippen LogP contribution >= 0.6 is 11.8 Å². The third-order valence-corrected chi connectivity index (χ3v) is 2.44. The second-order valence-corrected chi connectivity index (χ2v) is 3.20. The van der Waals surface area contributed by atoms with Gasteiger partial charge in [-0.15, -0.1) is 0 Å². The van der Waals surface area contributed by atoms with E-state index in [1.54, 1.807) is 0 Å². The molecule has 3 heteroatoms. The van der Waals surface area contributed by atoms with Gasteiger partial charge in [-0.1, -0.05) is 11.8 Å². The molecule has 2 aliphatic heterocycles. The highest BCUT2D eigenvalue weighted by molar-refractivity contribution is 8.14.